The van der Waals surface area contributed by atoms with Crippen LogP contribution in [0.15, 0.2) is 84.9 Å². The number of phenols is 14. The SMILES string of the molecule is CCC(C)(CC)c1cc(O)c(C23CC4(c5cc(O)c(C)cc5O)CC(c5cc(O)c(C)cc5O)(C2)CC(C(CC)(CC)c2cc(O)c(C56CC7(c8cc(O)c(C)cc8O)CC(c8cc(O)c(C)cc8O)(CC(c8cc(O)c(C)cc8O)(C7)C5)C6)cc2O)(C4)C3)cc1O. The zero-order valence-corrected chi connectivity index (χ0v) is 54.7. The Bertz CT molecular complexity index is 4000. The molecule has 8 fully saturated rings. The zero-order chi connectivity index (χ0) is 66.4. The van der Waals surface area contributed by atoms with Gasteiger partial charge in [-0.3, -0.25) is 0 Å². The Labute approximate surface area is 538 Å². The van der Waals surface area contributed by atoms with Gasteiger partial charge in [0.1, 0.15) is 80.5 Å². The number of hydrogen-bond donors (Lipinski definition) is 14. The van der Waals surface area contributed by atoms with Crippen molar-refractivity contribution in [3.8, 4) is 80.5 Å². The molecule has 486 valence electrons. The van der Waals surface area contributed by atoms with Gasteiger partial charge >= 0.3 is 0 Å². The predicted molar refractivity (Wildman–Crippen MR) is 352 cm³/mol. The fourth-order valence-electron chi connectivity index (χ4n) is 22.5. The minimum atomic E-state index is -1.19. The van der Waals surface area contributed by atoms with E-state index >= 15 is 0 Å². The first-order valence-electron chi connectivity index (χ1n) is 32.9. The Kier molecular flexibility index (Phi) is 13.7. The van der Waals surface area contributed by atoms with Crippen molar-refractivity contribution in [2.45, 2.75) is 221 Å². The molecule has 0 amide bonds. The molecule has 92 heavy (non-hydrogen) atoms. The number of phenolic OH excluding ortho intramolecular Hbond substituents is 14. The van der Waals surface area contributed by atoms with Crippen LogP contribution in [-0.2, 0) is 48.7 Å². The summed E-state index contributed by atoms with van der Waals surface area (Å²) in [7, 11) is 0. The number of rotatable bonds is 14. The molecule has 0 radical (unpaired) electrons. The summed E-state index contributed by atoms with van der Waals surface area (Å²) in [6.45, 7) is 18.8. The van der Waals surface area contributed by atoms with Crippen LogP contribution in [0.3, 0.4) is 0 Å². The van der Waals surface area contributed by atoms with Crippen LogP contribution in [-0.4, -0.2) is 71.5 Å². The van der Waals surface area contributed by atoms with Crippen LogP contribution in [0.1, 0.15) is 215 Å². The summed E-state index contributed by atoms with van der Waals surface area (Å²) in [6, 6.07) is 22.5. The smallest absolute Gasteiger partial charge is 0.119 e. The van der Waals surface area contributed by atoms with Crippen molar-refractivity contribution in [2.75, 3.05) is 0 Å². The molecule has 14 heteroatoms. The van der Waals surface area contributed by atoms with Gasteiger partial charge in [-0.2, -0.15) is 0 Å². The lowest BCUT2D eigenvalue weighted by atomic mass is 9.28. The highest BCUT2D eigenvalue weighted by Crippen LogP contribution is 2.82. The summed E-state index contributed by atoms with van der Waals surface area (Å²) in [5.74, 6) is -0.892. The summed E-state index contributed by atoms with van der Waals surface area (Å²) >= 11 is 0. The maximum Gasteiger partial charge on any atom is 0.119 e. The molecule has 8 aliphatic rings. The first-order chi connectivity index (χ1) is 43.1. The summed E-state index contributed by atoms with van der Waals surface area (Å²) in [5.41, 5.74) is -4.02. The number of aryl methyl sites for hydroxylation is 5. The highest BCUT2D eigenvalue weighted by molar-refractivity contribution is 5.65. The van der Waals surface area contributed by atoms with Crippen molar-refractivity contribution >= 4 is 0 Å². The van der Waals surface area contributed by atoms with Gasteiger partial charge in [-0.05, 0) is 261 Å². The lowest BCUT2D eigenvalue weighted by molar-refractivity contribution is -0.149. The van der Waals surface area contributed by atoms with Gasteiger partial charge in [-0.25, -0.2) is 0 Å². The molecule has 2 unspecified atom stereocenters. The standard InChI is InChI=1S/C78H90O14/c1-11-69(10,12-2)46-20-66(90)53(26-65(46)89)76-36-74(50-24-58(82)44(8)18-63(50)87)35-75(37-76,51-25-59(83)45(9)19-64(51)88)39-77(38-74,40-76)78(13-3,14-4)54-28-67(91)52(27-68(54)92)73-32-70(47-21-55(79)41(5)15-60(47)84)29-71(33-73,48-22-56(80)42(6)16-61(48)85)31-72(30-70,34-73)49-23-57(81)43(7)17-62(49)86/h15-28,79-92H,11-14,29-40H2,1-10H3. The van der Waals surface area contributed by atoms with Crippen molar-refractivity contribution in [1.82, 2.24) is 0 Å². The Morgan fingerprint density at radius 3 is 0.674 bits per heavy atom. The minimum absolute atomic E-state index is 0.0205. The molecule has 7 aromatic rings. The van der Waals surface area contributed by atoms with Gasteiger partial charge < -0.3 is 71.5 Å². The summed E-state index contributed by atoms with van der Waals surface area (Å²) in [5, 5.41) is 173. The first kappa shape index (κ1) is 62.5. The van der Waals surface area contributed by atoms with Crippen LogP contribution in [0.4, 0.5) is 0 Å². The molecule has 0 saturated heterocycles. The molecule has 2 atom stereocenters. The molecular weight excluding hydrogens is 1160 g/mol. The third-order valence-corrected chi connectivity index (χ3v) is 25.9. The maximum atomic E-state index is 13.7. The normalized spacial score (nSPS) is 28.7. The second-order valence-electron chi connectivity index (χ2n) is 31.0. The molecule has 8 aliphatic carbocycles. The van der Waals surface area contributed by atoms with Gasteiger partial charge in [-0.1, -0.05) is 34.6 Å². The van der Waals surface area contributed by atoms with Crippen molar-refractivity contribution in [2.24, 2.45) is 5.41 Å². The van der Waals surface area contributed by atoms with Crippen LogP contribution in [0.2, 0.25) is 0 Å². The fourth-order valence-corrected chi connectivity index (χ4v) is 22.5. The van der Waals surface area contributed by atoms with Crippen molar-refractivity contribution in [3.05, 3.63) is 163 Å². The van der Waals surface area contributed by atoms with E-state index in [0.29, 0.717) is 142 Å². The quantitative estimate of drug-likeness (QED) is 0.0451. The van der Waals surface area contributed by atoms with E-state index in [4.69, 9.17) is 0 Å². The second-order valence-corrected chi connectivity index (χ2v) is 31.0. The average molecular weight is 1250 g/mol. The molecule has 0 aromatic heterocycles. The summed E-state index contributed by atoms with van der Waals surface area (Å²) < 4.78 is 0. The third kappa shape index (κ3) is 8.48. The molecule has 8 saturated carbocycles. The summed E-state index contributed by atoms with van der Waals surface area (Å²) in [4.78, 5) is 0. The lowest BCUT2D eigenvalue weighted by Gasteiger charge is -2.75. The van der Waals surface area contributed by atoms with Gasteiger partial charge in [0.15, 0.2) is 0 Å². The van der Waals surface area contributed by atoms with Gasteiger partial charge in [0.2, 0.25) is 0 Å². The third-order valence-electron chi connectivity index (χ3n) is 25.9. The monoisotopic (exact) mass is 1250 g/mol. The van der Waals surface area contributed by atoms with E-state index in [2.05, 4.69) is 34.6 Å². The summed E-state index contributed by atoms with van der Waals surface area (Å²) in [6.07, 6.45) is 5.78. The van der Waals surface area contributed by atoms with Crippen molar-refractivity contribution in [1.29, 1.82) is 0 Å². The van der Waals surface area contributed by atoms with Crippen molar-refractivity contribution in [3.63, 3.8) is 0 Å². The predicted octanol–water partition coefficient (Wildman–Crippen LogP) is 15.9. The average Bonchev–Trinajstić information content (AvgIpc) is 0.662. The van der Waals surface area contributed by atoms with E-state index in [1.807, 2.05) is 0 Å². The molecule has 7 aromatic carbocycles. The number of hydrogen-bond acceptors (Lipinski definition) is 14. The van der Waals surface area contributed by atoms with Gasteiger partial charge in [-0.15, -0.1) is 0 Å². The molecular formula is C78H90O14. The fraction of sp³-hybridized carbons (Fsp3) is 0.462. The molecule has 0 spiro atoms. The van der Waals surface area contributed by atoms with Crippen LogP contribution < -0.4 is 0 Å². The maximum absolute atomic E-state index is 13.7. The van der Waals surface area contributed by atoms with E-state index in [0.717, 1.165) is 0 Å². The Balaban J connectivity index is 1.08. The molecule has 15 rings (SSSR count). The second kappa shape index (κ2) is 20.1. The van der Waals surface area contributed by atoms with E-state index in [1.54, 1.807) is 101 Å². The lowest BCUT2D eigenvalue weighted by Crippen LogP contribution is -2.70. The van der Waals surface area contributed by atoms with E-state index in [-0.39, 0.29) is 119 Å². The van der Waals surface area contributed by atoms with Crippen LogP contribution in [0, 0.1) is 40.0 Å². The topological polar surface area (TPSA) is 283 Å². The molecule has 14 N–H and O–H groups in total. The van der Waals surface area contributed by atoms with Gasteiger partial charge in [0, 0.05) is 93.4 Å². The molecule has 8 bridgehead atoms. The number of benzene rings is 7. The van der Waals surface area contributed by atoms with Crippen LogP contribution in [0.5, 0.6) is 80.5 Å². The Morgan fingerprint density at radius 1 is 0.250 bits per heavy atom. The first-order valence-corrected chi connectivity index (χ1v) is 32.9. The Hall–Kier alpha value is -8.26. The molecule has 0 heterocycles. The van der Waals surface area contributed by atoms with Gasteiger partial charge in [0.05, 0.1) is 0 Å². The molecule has 0 aliphatic heterocycles. The van der Waals surface area contributed by atoms with Crippen molar-refractivity contribution < 1.29 is 71.5 Å². The van der Waals surface area contributed by atoms with Crippen LogP contribution in [0.25, 0.3) is 0 Å². The van der Waals surface area contributed by atoms with Gasteiger partial charge in [0.25, 0.3) is 0 Å². The van der Waals surface area contributed by atoms with E-state index in [1.165, 1.54) is 18.2 Å². The largest absolute Gasteiger partial charge is 0.508 e. The zero-order valence-electron chi connectivity index (χ0n) is 54.7. The Morgan fingerprint density at radius 2 is 0.446 bits per heavy atom. The number of aromatic hydroxyl groups is 14. The van der Waals surface area contributed by atoms with E-state index < -0.39 is 54.1 Å². The van der Waals surface area contributed by atoms with E-state index in [9.17, 15) is 71.5 Å². The highest BCUT2D eigenvalue weighted by atomic mass is 16.3. The van der Waals surface area contributed by atoms with Crippen LogP contribution >= 0.6 is 0 Å². The molecule has 14 nitrogen and oxygen atoms in total. The highest BCUT2D eigenvalue weighted by Gasteiger charge is 2.75. The minimum Gasteiger partial charge on any atom is -0.508 e.